The van der Waals surface area contributed by atoms with Crippen LogP contribution in [0.25, 0.3) is 0 Å². The molecule has 1 aliphatic heterocycles. The standard InChI is InChI=1S/C10H17N3O2S/c1-10(2,8(11)16)9(15)13-5-4-12(3)7(14)6-13/h4-6H2,1-3H3,(H2,11,16). The molecule has 0 aromatic carbocycles. The first-order valence-electron chi connectivity index (χ1n) is 5.10. The molecule has 0 aliphatic carbocycles. The summed E-state index contributed by atoms with van der Waals surface area (Å²) >= 11 is 4.86. The molecule has 1 heterocycles. The van der Waals surface area contributed by atoms with E-state index in [-0.39, 0.29) is 23.3 Å². The zero-order valence-electron chi connectivity index (χ0n) is 9.82. The summed E-state index contributed by atoms with van der Waals surface area (Å²) in [6, 6.07) is 0. The Morgan fingerprint density at radius 1 is 1.44 bits per heavy atom. The first-order chi connectivity index (χ1) is 7.26. The highest BCUT2D eigenvalue weighted by atomic mass is 32.1. The fourth-order valence-corrected chi connectivity index (χ4v) is 1.52. The summed E-state index contributed by atoms with van der Waals surface area (Å²) in [5.41, 5.74) is 4.64. The number of nitrogens with zero attached hydrogens (tertiary/aromatic N) is 2. The van der Waals surface area contributed by atoms with E-state index in [2.05, 4.69) is 0 Å². The van der Waals surface area contributed by atoms with Crippen molar-refractivity contribution in [2.24, 2.45) is 11.1 Å². The number of thiocarbonyl (C=S) groups is 1. The van der Waals surface area contributed by atoms with Crippen molar-refractivity contribution in [2.45, 2.75) is 13.8 Å². The number of carbonyl (C=O) groups is 2. The summed E-state index contributed by atoms with van der Waals surface area (Å²) in [5, 5.41) is 0. The van der Waals surface area contributed by atoms with Crippen LogP contribution in [0.2, 0.25) is 0 Å². The van der Waals surface area contributed by atoms with Gasteiger partial charge in [-0.25, -0.2) is 0 Å². The van der Waals surface area contributed by atoms with Gasteiger partial charge in [-0.1, -0.05) is 12.2 Å². The number of rotatable bonds is 2. The number of piperazine rings is 1. The maximum atomic E-state index is 12.1. The van der Waals surface area contributed by atoms with Gasteiger partial charge >= 0.3 is 0 Å². The van der Waals surface area contributed by atoms with Crippen LogP contribution >= 0.6 is 12.2 Å². The third-order valence-electron chi connectivity index (χ3n) is 2.90. The van der Waals surface area contributed by atoms with E-state index in [1.807, 2.05) is 0 Å². The Bertz CT molecular complexity index is 341. The summed E-state index contributed by atoms with van der Waals surface area (Å²) in [6.45, 7) is 4.56. The molecule has 1 aliphatic rings. The third kappa shape index (κ3) is 2.32. The van der Waals surface area contributed by atoms with E-state index in [0.29, 0.717) is 13.1 Å². The van der Waals surface area contributed by atoms with Gasteiger partial charge in [-0.15, -0.1) is 0 Å². The van der Waals surface area contributed by atoms with E-state index in [9.17, 15) is 9.59 Å². The largest absolute Gasteiger partial charge is 0.392 e. The number of amides is 2. The van der Waals surface area contributed by atoms with Crippen molar-refractivity contribution in [3.63, 3.8) is 0 Å². The number of carbonyl (C=O) groups excluding carboxylic acids is 2. The van der Waals surface area contributed by atoms with E-state index in [1.54, 1.807) is 25.8 Å². The van der Waals surface area contributed by atoms with Crippen LogP contribution in [0, 0.1) is 5.41 Å². The highest BCUT2D eigenvalue weighted by molar-refractivity contribution is 7.80. The van der Waals surface area contributed by atoms with Crippen molar-refractivity contribution in [3.05, 3.63) is 0 Å². The lowest BCUT2D eigenvalue weighted by molar-refractivity contribution is -0.147. The van der Waals surface area contributed by atoms with Crippen molar-refractivity contribution in [3.8, 4) is 0 Å². The second-order valence-electron chi connectivity index (χ2n) is 4.53. The van der Waals surface area contributed by atoms with Gasteiger partial charge in [0.2, 0.25) is 11.8 Å². The quantitative estimate of drug-likeness (QED) is 0.670. The SMILES string of the molecule is CN1CCN(C(=O)C(C)(C)C(N)=S)CC1=O. The normalized spacial score (nSPS) is 17.6. The molecule has 16 heavy (non-hydrogen) atoms. The molecule has 0 radical (unpaired) electrons. The fourth-order valence-electron chi connectivity index (χ4n) is 1.43. The van der Waals surface area contributed by atoms with Gasteiger partial charge in [-0.3, -0.25) is 9.59 Å². The Labute approximate surface area is 101 Å². The molecular formula is C10H17N3O2S. The molecule has 2 N–H and O–H groups in total. The molecule has 1 fully saturated rings. The van der Waals surface area contributed by atoms with Crippen LogP contribution in [-0.4, -0.2) is 53.3 Å². The van der Waals surface area contributed by atoms with Gasteiger partial charge < -0.3 is 15.5 Å². The minimum absolute atomic E-state index is 0.0571. The first kappa shape index (κ1) is 12.9. The van der Waals surface area contributed by atoms with Crippen LogP contribution < -0.4 is 5.73 Å². The Hall–Kier alpha value is -1.17. The molecule has 0 spiro atoms. The molecule has 0 atom stereocenters. The summed E-state index contributed by atoms with van der Waals surface area (Å²) in [4.78, 5) is 26.9. The van der Waals surface area contributed by atoms with E-state index in [4.69, 9.17) is 18.0 Å². The lowest BCUT2D eigenvalue weighted by atomic mass is 9.91. The van der Waals surface area contributed by atoms with Crippen LogP contribution in [0.5, 0.6) is 0 Å². The Kier molecular flexibility index (Phi) is 3.52. The van der Waals surface area contributed by atoms with Gasteiger partial charge in [0.1, 0.15) is 0 Å². The smallest absolute Gasteiger partial charge is 0.241 e. The molecule has 90 valence electrons. The number of likely N-dealkylation sites (N-methyl/N-ethyl adjacent to an activating group) is 1. The van der Waals surface area contributed by atoms with Crippen LogP contribution in [0.1, 0.15) is 13.8 Å². The summed E-state index contributed by atoms with van der Waals surface area (Å²) in [7, 11) is 1.73. The van der Waals surface area contributed by atoms with E-state index < -0.39 is 5.41 Å². The Morgan fingerprint density at radius 3 is 2.44 bits per heavy atom. The lowest BCUT2D eigenvalue weighted by Gasteiger charge is -2.36. The topological polar surface area (TPSA) is 66.6 Å². The summed E-state index contributed by atoms with van der Waals surface area (Å²) in [6.07, 6.45) is 0. The van der Waals surface area contributed by atoms with E-state index in [0.717, 1.165) is 0 Å². The Balaban J connectivity index is 2.76. The van der Waals surface area contributed by atoms with E-state index in [1.165, 1.54) is 4.90 Å². The molecule has 2 amide bonds. The molecule has 0 bridgehead atoms. The average Bonchev–Trinajstić information content (AvgIpc) is 2.20. The first-order valence-corrected chi connectivity index (χ1v) is 5.51. The van der Waals surface area contributed by atoms with Crippen LogP contribution in [0.15, 0.2) is 0 Å². The summed E-state index contributed by atoms with van der Waals surface area (Å²) < 4.78 is 0. The van der Waals surface area contributed by atoms with Crippen LogP contribution in [-0.2, 0) is 9.59 Å². The van der Waals surface area contributed by atoms with Gasteiger partial charge in [-0.2, -0.15) is 0 Å². The molecule has 1 saturated heterocycles. The second-order valence-corrected chi connectivity index (χ2v) is 4.97. The zero-order valence-corrected chi connectivity index (χ0v) is 10.6. The predicted octanol–water partition coefficient (Wildman–Crippen LogP) is -0.401. The zero-order chi connectivity index (χ0) is 12.5. The van der Waals surface area contributed by atoms with Gasteiger partial charge in [0.25, 0.3) is 0 Å². The van der Waals surface area contributed by atoms with Crippen molar-refractivity contribution in [2.75, 3.05) is 26.7 Å². The molecule has 1 rings (SSSR count). The molecule has 0 aromatic rings. The molecule has 0 unspecified atom stereocenters. The maximum Gasteiger partial charge on any atom is 0.241 e. The van der Waals surface area contributed by atoms with Gasteiger partial charge in [0.05, 0.1) is 16.9 Å². The lowest BCUT2D eigenvalue weighted by Crippen LogP contribution is -2.55. The van der Waals surface area contributed by atoms with Crippen molar-refractivity contribution < 1.29 is 9.59 Å². The molecule has 5 nitrogen and oxygen atoms in total. The molecule has 0 saturated carbocycles. The van der Waals surface area contributed by atoms with E-state index >= 15 is 0 Å². The summed E-state index contributed by atoms with van der Waals surface area (Å²) in [5.74, 6) is -0.236. The maximum absolute atomic E-state index is 12.1. The number of hydrogen-bond acceptors (Lipinski definition) is 3. The molecule has 6 heteroatoms. The Morgan fingerprint density at radius 2 is 2.00 bits per heavy atom. The average molecular weight is 243 g/mol. The van der Waals surface area contributed by atoms with Gasteiger partial charge in [-0.05, 0) is 13.8 Å². The van der Waals surface area contributed by atoms with Crippen LogP contribution in [0.3, 0.4) is 0 Å². The van der Waals surface area contributed by atoms with Crippen molar-refractivity contribution >= 4 is 29.0 Å². The second kappa shape index (κ2) is 4.37. The third-order valence-corrected chi connectivity index (χ3v) is 3.41. The van der Waals surface area contributed by atoms with Crippen LogP contribution in [0.4, 0.5) is 0 Å². The minimum atomic E-state index is -0.883. The van der Waals surface area contributed by atoms with Crippen molar-refractivity contribution in [1.82, 2.24) is 9.80 Å². The molecule has 0 aromatic heterocycles. The number of hydrogen-bond donors (Lipinski definition) is 1. The highest BCUT2D eigenvalue weighted by Crippen LogP contribution is 2.20. The van der Waals surface area contributed by atoms with Gasteiger partial charge in [0, 0.05) is 20.1 Å². The highest BCUT2D eigenvalue weighted by Gasteiger charge is 2.37. The van der Waals surface area contributed by atoms with Gasteiger partial charge in [0.15, 0.2) is 0 Å². The number of nitrogens with two attached hydrogens (primary N) is 1. The monoisotopic (exact) mass is 243 g/mol. The minimum Gasteiger partial charge on any atom is -0.392 e. The predicted molar refractivity (Wildman–Crippen MR) is 64.8 cm³/mol. The van der Waals surface area contributed by atoms with Crippen molar-refractivity contribution in [1.29, 1.82) is 0 Å². The molecular weight excluding hydrogens is 226 g/mol. The fraction of sp³-hybridized carbons (Fsp3) is 0.700.